The molecule has 12 heteroatoms. The molecule has 3 N–H and O–H groups in total. The highest BCUT2D eigenvalue weighted by Crippen LogP contribution is 2.30. The molecule has 52 heavy (non-hydrogen) atoms. The number of likely N-dealkylation sites (tertiary alicyclic amines) is 1. The van der Waals surface area contributed by atoms with E-state index < -0.39 is 48.4 Å². The molecule has 1 aromatic rings. The van der Waals surface area contributed by atoms with Crippen LogP contribution in [0.25, 0.3) is 0 Å². The summed E-state index contributed by atoms with van der Waals surface area (Å²) >= 11 is 0. The zero-order valence-corrected chi connectivity index (χ0v) is 34.1. The Labute approximate surface area is 313 Å². The number of aliphatic hydroxyl groups excluding tert-OH is 1. The first-order valence-corrected chi connectivity index (χ1v) is 19.0. The van der Waals surface area contributed by atoms with E-state index >= 15 is 0 Å². The number of hydrogen-bond acceptors (Lipinski definition) is 8. The Morgan fingerprint density at radius 3 is 2.02 bits per heavy atom. The lowest BCUT2D eigenvalue weighted by molar-refractivity contribution is -0.148. The second-order valence-corrected chi connectivity index (χ2v) is 15.6. The van der Waals surface area contributed by atoms with Crippen molar-refractivity contribution in [3.05, 3.63) is 35.9 Å². The maximum Gasteiger partial charge on any atom is 0.245 e. The van der Waals surface area contributed by atoms with Gasteiger partial charge < -0.3 is 35.0 Å². The standard InChI is InChI=1S/C40H69N5O7/c1-14-26(6)35(44(11)40(50)33(24(2)3)42-39(49)34(25(4)5)43(9)10)31(51-12)23-32(46)45-22-18-21-30(45)37(52-13)27(7)38(48)41-28(8)36(47)29-19-16-15-17-20-29/h15-17,19-20,24-28,30-31,33-37,47H,14,18,21-23H2,1-13H3,(H,41,48)(H,42,49)/t26?,27-,28?,30?,31?,33?,34?,35?,36-,37-/m1/s1. The van der Waals surface area contributed by atoms with Crippen LogP contribution in [0, 0.1) is 23.7 Å². The lowest BCUT2D eigenvalue weighted by Crippen LogP contribution is -2.59. The van der Waals surface area contributed by atoms with Crippen LogP contribution in [0.15, 0.2) is 30.3 Å². The third kappa shape index (κ3) is 11.5. The van der Waals surface area contributed by atoms with Gasteiger partial charge in [0.1, 0.15) is 6.04 Å². The van der Waals surface area contributed by atoms with Crippen LogP contribution in [0.5, 0.6) is 0 Å². The molecule has 0 spiro atoms. The highest BCUT2D eigenvalue weighted by Gasteiger charge is 2.43. The molecule has 0 radical (unpaired) electrons. The predicted octanol–water partition coefficient (Wildman–Crippen LogP) is 3.87. The summed E-state index contributed by atoms with van der Waals surface area (Å²) in [7, 11) is 8.57. The molecule has 12 nitrogen and oxygen atoms in total. The number of carbonyl (C=O) groups excluding carboxylic acids is 4. The maximum atomic E-state index is 14.2. The van der Waals surface area contributed by atoms with Crippen molar-refractivity contribution in [2.24, 2.45) is 23.7 Å². The van der Waals surface area contributed by atoms with E-state index in [1.54, 1.807) is 44.9 Å². The molecule has 1 heterocycles. The van der Waals surface area contributed by atoms with E-state index in [2.05, 4.69) is 10.6 Å². The van der Waals surface area contributed by atoms with E-state index in [0.717, 1.165) is 12.8 Å². The predicted molar refractivity (Wildman–Crippen MR) is 204 cm³/mol. The van der Waals surface area contributed by atoms with Gasteiger partial charge in [0, 0.05) is 27.8 Å². The van der Waals surface area contributed by atoms with Crippen LogP contribution in [-0.4, -0.2) is 128 Å². The van der Waals surface area contributed by atoms with Crippen molar-refractivity contribution in [1.82, 2.24) is 25.3 Å². The molecular formula is C40H69N5O7. The molecule has 1 fully saturated rings. The molecule has 0 saturated carbocycles. The summed E-state index contributed by atoms with van der Waals surface area (Å²) in [6.45, 7) is 16.0. The molecule has 296 valence electrons. The average Bonchev–Trinajstić information content (AvgIpc) is 3.59. The second kappa shape index (κ2) is 21.0. The molecule has 1 aliphatic rings. The largest absolute Gasteiger partial charge is 0.386 e. The van der Waals surface area contributed by atoms with E-state index in [-0.39, 0.29) is 53.8 Å². The van der Waals surface area contributed by atoms with Gasteiger partial charge in [-0.15, -0.1) is 0 Å². The van der Waals surface area contributed by atoms with E-state index in [4.69, 9.17) is 9.47 Å². The minimum absolute atomic E-state index is 0.0153. The molecule has 7 unspecified atom stereocenters. The minimum atomic E-state index is -0.876. The Morgan fingerprint density at radius 1 is 0.904 bits per heavy atom. The van der Waals surface area contributed by atoms with Crippen LogP contribution in [-0.2, 0) is 28.7 Å². The second-order valence-electron chi connectivity index (χ2n) is 15.6. The zero-order valence-electron chi connectivity index (χ0n) is 34.1. The Morgan fingerprint density at radius 2 is 1.52 bits per heavy atom. The molecule has 4 amide bonds. The van der Waals surface area contributed by atoms with Gasteiger partial charge in [0.25, 0.3) is 0 Å². The molecular weight excluding hydrogens is 662 g/mol. The van der Waals surface area contributed by atoms with Crippen LogP contribution in [0.4, 0.5) is 0 Å². The van der Waals surface area contributed by atoms with E-state index in [9.17, 15) is 24.3 Å². The molecule has 1 aliphatic heterocycles. The van der Waals surface area contributed by atoms with Gasteiger partial charge >= 0.3 is 0 Å². The number of ether oxygens (including phenoxy) is 2. The molecule has 0 aliphatic carbocycles. The Hall–Kier alpha value is -3.06. The Bertz CT molecular complexity index is 1270. The fraction of sp³-hybridized carbons (Fsp3) is 0.750. The number of hydrogen-bond donors (Lipinski definition) is 3. The number of carbonyl (C=O) groups is 4. The number of nitrogens with one attached hydrogen (secondary N) is 2. The summed E-state index contributed by atoms with van der Waals surface area (Å²) in [5, 5.41) is 16.8. The van der Waals surface area contributed by atoms with Crippen LogP contribution >= 0.6 is 0 Å². The first-order valence-electron chi connectivity index (χ1n) is 19.0. The molecule has 0 bridgehead atoms. The van der Waals surface area contributed by atoms with Crippen LogP contribution < -0.4 is 10.6 Å². The van der Waals surface area contributed by atoms with Crippen molar-refractivity contribution in [2.75, 3.05) is 41.9 Å². The Kier molecular flexibility index (Phi) is 18.2. The minimum Gasteiger partial charge on any atom is -0.386 e. The monoisotopic (exact) mass is 732 g/mol. The number of amides is 4. The van der Waals surface area contributed by atoms with Crippen molar-refractivity contribution in [3.8, 4) is 0 Å². The Balaban J connectivity index is 2.25. The maximum absolute atomic E-state index is 14.2. The summed E-state index contributed by atoms with van der Waals surface area (Å²) in [6, 6.07) is 6.72. The lowest BCUT2D eigenvalue weighted by atomic mass is 9.89. The van der Waals surface area contributed by atoms with Gasteiger partial charge in [-0.1, -0.05) is 85.2 Å². The normalized spacial score (nSPS) is 20.1. The number of likely N-dealkylation sites (N-methyl/N-ethyl adjacent to an activating group) is 2. The van der Waals surface area contributed by atoms with E-state index in [0.29, 0.717) is 18.5 Å². The summed E-state index contributed by atoms with van der Waals surface area (Å²) in [4.78, 5) is 60.6. The molecule has 1 saturated heterocycles. The highest BCUT2D eigenvalue weighted by atomic mass is 16.5. The molecule has 0 aromatic heterocycles. The van der Waals surface area contributed by atoms with Crippen molar-refractivity contribution >= 4 is 23.6 Å². The van der Waals surface area contributed by atoms with Gasteiger partial charge in [-0.05, 0) is 57.2 Å². The smallest absolute Gasteiger partial charge is 0.245 e. The number of benzene rings is 1. The molecule has 2 rings (SSSR count). The fourth-order valence-electron chi connectivity index (χ4n) is 7.78. The number of rotatable bonds is 20. The summed E-state index contributed by atoms with van der Waals surface area (Å²) in [6.07, 6.45) is 0.148. The summed E-state index contributed by atoms with van der Waals surface area (Å²) in [5.41, 5.74) is 0.711. The molecule has 1 aromatic carbocycles. The first-order chi connectivity index (χ1) is 24.4. The van der Waals surface area contributed by atoms with E-state index in [1.807, 2.05) is 90.9 Å². The molecule has 10 atom stereocenters. The average molecular weight is 732 g/mol. The quantitative estimate of drug-likeness (QED) is 0.184. The van der Waals surface area contributed by atoms with E-state index in [1.165, 1.54) is 0 Å². The van der Waals surface area contributed by atoms with Gasteiger partial charge in [0.05, 0.1) is 54.8 Å². The number of methoxy groups -OCH3 is 2. The van der Waals surface area contributed by atoms with Gasteiger partial charge in [-0.3, -0.25) is 24.1 Å². The SMILES string of the molecule is CCC(C)C(C(CC(=O)N1CCCC1[C@H](OC)[C@@H](C)C(=O)NC(C)[C@@H](O)c1ccccc1)OC)N(C)C(=O)C(NC(=O)C(C(C)C)N(C)C)C(C)C. The van der Waals surface area contributed by atoms with Crippen molar-refractivity contribution in [1.29, 1.82) is 0 Å². The first kappa shape index (κ1) is 45.1. The fourth-order valence-corrected chi connectivity index (χ4v) is 7.78. The van der Waals surface area contributed by atoms with Crippen molar-refractivity contribution < 1.29 is 33.8 Å². The van der Waals surface area contributed by atoms with Gasteiger partial charge in [0.2, 0.25) is 23.6 Å². The third-order valence-electron chi connectivity index (χ3n) is 10.9. The lowest BCUT2D eigenvalue weighted by Gasteiger charge is -2.41. The highest BCUT2D eigenvalue weighted by molar-refractivity contribution is 5.90. The third-order valence-corrected chi connectivity index (χ3v) is 10.9. The zero-order chi connectivity index (χ0) is 39.4. The number of nitrogens with zero attached hydrogens (tertiary/aromatic N) is 3. The topological polar surface area (TPSA) is 141 Å². The van der Waals surface area contributed by atoms with Crippen LogP contribution in [0.2, 0.25) is 0 Å². The van der Waals surface area contributed by atoms with Crippen LogP contribution in [0.1, 0.15) is 92.7 Å². The van der Waals surface area contributed by atoms with Gasteiger partial charge in [-0.25, -0.2) is 0 Å². The summed E-state index contributed by atoms with van der Waals surface area (Å²) in [5.74, 6) is -1.57. The number of aliphatic hydroxyl groups is 1. The van der Waals surface area contributed by atoms with Crippen molar-refractivity contribution in [2.45, 2.75) is 130 Å². The van der Waals surface area contributed by atoms with Gasteiger partial charge in [-0.2, -0.15) is 0 Å². The van der Waals surface area contributed by atoms with Gasteiger partial charge in [0.15, 0.2) is 0 Å². The van der Waals surface area contributed by atoms with Crippen LogP contribution in [0.3, 0.4) is 0 Å². The van der Waals surface area contributed by atoms with Crippen molar-refractivity contribution in [3.63, 3.8) is 0 Å². The summed E-state index contributed by atoms with van der Waals surface area (Å²) < 4.78 is 11.9.